The van der Waals surface area contributed by atoms with Crippen molar-refractivity contribution < 1.29 is 19.4 Å². The van der Waals surface area contributed by atoms with Crippen LogP contribution in [0.25, 0.3) is 0 Å². The quantitative estimate of drug-likeness (QED) is 0.378. The summed E-state index contributed by atoms with van der Waals surface area (Å²) in [5.41, 5.74) is 4.67. The molecule has 0 aromatic heterocycles. The number of piperidine rings is 1. The molecule has 3 aliphatic heterocycles. The first-order chi connectivity index (χ1) is 18.3. The average Bonchev–Trinajstić information content (AvgIpc) is 3.42. The highest BCUT2D eigenvalue weighted by Crippen LogP contribution is 2.56. The van der Waals surface area contributed by atoms with Crippen molar-refractivity contribution in [1.82, 2.24) is 4.90 Å². The number of carbonyl (C=O) groups excluding carboxylic acids is 2. The van der Waals surface area contributed by atoms with Gasteiger partial charge in [-0.15, -0.1) is 0 Å². The Morgan fingerprint density at radius 2 is 1.74 bits per heavy atom. The van der Waals surface area contributed by atoms with Gasteiger partial charge in [0.05, 0.1) is 36.4 Å². The summed E-state index contributed by atoms with van der Waals surface area (Å²) in [7, 11) is 1.64. The molecule has 6 heteroatoms. The fourth-order valence-corrected chi connectivity index (χ4v) is 6.80. The topological polar surface area (TPSA) is 70.1 Å². The van der Waals surface area contributed by atoms with E-state index < -0.39 is 5.41 Å². The van der Waals surface area contributed by atoms with Gasteiger partial charge in [0, 0.05) is 18.2 Å². The zero-order valence-corrected chi connectivity index (χ0v) is 22.0. The van der Waals surface area contributed by atoms with Crippen molar-refractivity contribution >= 4 is 17.5 Å². The number of para-hydroxylation sites is 1. The number of anilines is 1. The Hall–Kier alpha value is -4.06. The minimum atomic E-state index is -0.809. The highest BCUT2D eigenvalue weighted by Gasteiger charge is 2.63. The third kappa shape index (κ3) is 3.54. The van der Waals surface area contributed by atoms with Gasteiger partial charge in [0.1, 0.15) is 5.75 Å². The Balaban J connectivity index is 1.42. The molecule has 3 aromatic carbocycles. The van der Waals surface area contributed by atoms with E-state index in [4.69, 9.17) is 4.74 Å². The number of rotatable bonds is 4. The van der Waals surface area contributed by atoms with Crippen LogP contribution < -0.4 is 9.64 Å². The summed E-state index contributed by atoms with van der Waals surface area (Å²) in [5.74, 6) is 0.433. The van der Waals surface area contributed by atoms with E-state index >= 15 is 0 Å². The number of carbonyl (C=O) groups is 2. The van der Waals surface area contributed by atoms with Crippen LogP contribution >= 0.6 is 0 Å². The Bertz CT molecular complexity index is 1440. The molecule has 6 nitrogen and oxygen atoms in total. The molecule has 3 aromatic rings. The van der Waals surface area contributed by atoms with Crippen LogP contribution in [-0.2, 0) is 21.5 Å². The molecule has 2 fully saturated rings. The first-order valence-electron chi connectivity index (χ1n) is 13.2. The van der Waals surface area contributed by atoms with Crippen molar-refractivity contribution in [2.75, 3.05) is 18.6 Å². The van der Waals surface area contributed by atoms with Crippen LogP contribution in [0, 0.1) is 6.92 Å². The molecule has 0 bridgehead atoms. The van der Waals surface area contributed by atoms with E-state index in [-0.39, 0.29) is 29.5 Å². The van der Waals surface area contributed by atoms with Gasteiger partial charge in [0.25, 0.3) is 5.91 Å². The molecule has 6 rings (SSSR count). The average molecular weight is 509 g/mol. The van der Waals surface area contributed by atoms with Gasteiger partial charge in [-0.1, -0.05) is 60.2 Å². The van der Waals surface area contributed by atoms with Crippen molar-refractivity contribution in [1.29, 1.82) is 0 Å². The van der Waals surface area contributed by atoms with Crippen molar-refractivity contribution in [2.24, 2.45) is 0 Å². The van der Waals surface area contributed by atoms with E-state index in [1.54, 1.807) is 14.0 Å². The van der Waals surface area contributed by atoms with Gasteiger partial charge in [-0.25, -0.2) is 0 Å². The molecule has 0 saturated carbocycles. The number of fused-ring (bicyclic) bond motifs is 4. The lowest BCUT2D eigenvalue weighted by molar-refractivity contribution is -0.132. The number of hydrogen-bond acceptors (Lipinski definition) is 4. The number of allylic oxidation sites excluding steroid dienone is 1. The summed E-state index contributed by atoms with van der Waals surface area (Å²) in [6.45, 7) is 4.55. The first-order valence-corrected chi connectivity index (χ1v) is 13.2. The molecule has 3 heterocycles. The lowest BCUT2D eigenvalue weighted by Gasteiger charge is -2.42. The maximum Gasteiger partial charge on any atom is 0.254 e. The second kappa shape index (κ2) is 9.05. The molecule has 0 aliphatic carbocycles. The number of aryl methyl sites for hydroxylation is 1. The molecule has 1 spiro atoms. The monoisotopic (exact) mass is 508 g/mol. The van der Waals surface area contributed by atoms with Crippen molar-refractivity contribution in [3.05, 3.63) is 106 Å². The van der Waals surface area contributed by atoms with E-state index in [0.717, 1.165) is 33.7 Å². The Kier molecular flexibility index (Phi) is 5.78. The lowest BCUT2D eigenvalue weighted by atomic mass is 9.69. The SMILES string of the molecule is COc1ccc(CN2C(=O)[C@]3(CCN4C(=O)/C(=C(/C)O)[C@H](c5ccc(C)cc5)C[C@H]43)c3ccccc32)cc1. The second-order valence-electron chi connectivity index (χ2n) is 10.7. The summed E-state index contributed by atoms with van der Waals surface area (Å²) >= 11 is 0. The largest absolute Gasteiger partial charge is 0.512 e. The molecular weight excluding hydrogens is 476 g/mol. The number of aliphatic hydroxyl groups excluding tert-OH is 1. The minimum Gasteiger partial charge on any atom is -0.512 e. The summed E-state index contributed by atoms with van der Waals surface area (Å²) in [6, 6.07) is 23.7. The minimum absolute atomic E-state index is 0.0469. The van der Waals surface area contributed by atoms with Crippen LogP contribution in [0.2, 0.25) is 0 Å². The number of nitrogens with zero attached hydrogens (tertiary/aromatic N) is 2. The number of hydrogen-bond donors (Lipinski definition) is 1. The number of ether oxygens (including phenoxy) is 1. The Morgan fingerprint density at radius 3 is 2.42 bits per heavy atom. The Morgan fingerprint density at radius 1 is 1.03 bits per heavy atom. The van der Waals surface area contributed by atoms with Gasteiger partial charge in [-0.05, 0) is 61.6 Å². The van der Waals surface area contributed by atoms with Crippen LogP contribution in [0.15, 0.2) is 84.1 Å². The molecule has 38 heavy (non-hydrogen) atoms. The van der Waals surface area contributed by atoms with Crippen LogP contribution in [0.3, 0.4) is 0 Å². The molecule has 3 atom stereocenters. The van der Waals surface area contributed by atoms with Crippen LogP contribution in [0.5, 0.6) is 5.75 Å². The van der Waals surface area contributed by atoms with Gasteiger partial charge in [0.15, 0.2) is 0 Å². The Labute approximate surface area is 223 Å². The molecule has 0 unspecified atom stereocenters. The fourth-order valence-electron chi connectivity index (χ4n) is 6.80. The normalized spacial score (nSPS) is 25.6. The standard InChI is InChI=1S/C32H32N2O4/c1-20-8-12-23(13-9-20)25-18-28-32(16-17-33(28)30(36)29(25)21(2)35)26-6-4-5-7-27(26)34(31(32)37)19-22-10-14-24(38-3)15-11-22/h4-15,25,28,35H,16-19H2,1-3H3/b29-21-/t25-,28-,32+/m0/s1. The highest BCUT2D eigenvalue weighted by molar-refractivity contribution is 6.10. The number of benzene rings is 3. The number of methoxy groups -OCH3 is 1. The predicted octanol–water partition coefficient (Wildman–Crippen LogP) is 5.41. The summed E-state index contributed by atoms with van der Waals surface area (Å²) in [5, 5.41) is 10.6. The lowest BCUT2D eigenvalue weighted by Crippen LogP contribution is -2.54. The maximum absolute atomic E-state index is 14.5. The second-order valence-corrected chi connectivity index (χ2v) is 10.7. The first kappa shape index (κ1) is 24.3. The van der Waals surface area contributed by atoms with Gasteiger partial charge in [-0.3, -0.25) is 9.59 Å². The zero-order valence-electron chi connectivity index (χ0n) is 22.0. The highest BCUT2D eigenvalue weighted by atomic mass is 16.5. The van der Waals surface area contributed by atoms with Gasteiger partial charge >= 0.3 is 0 Å². The number of amides is 2. The molecular formula is C32H32N2O4. The van der Waals surface area contributed by atoms with E-state index in [1.165, 1.54) is 0 Å². The molecule has 194 valence electrons. The van der Waals surface area contributed by atoms with Crippen LogP contribution in [0.1, 0.15) is 47.9 Å². The molecule has 0 radical (unpaired) electrons. The van der Waals surface area contributed by atoms with E-state index in [2.05, 4.69) is 6.07 Å². The van der Waals surface area contributed by atoms with Crippen molar-refractivity contribution in [3.63, 3.8) is 0 Å². The fraction of sp³-hybridized carbons (Fsp3) is 0.312. The van der Waals surface area contributed by atoms with Crippen LogP contribution in [-0.4, -0.2) is 41.5 Å². The van der Waals surface area contributed by atoms with Gasteiger partial charge in [0.2, 0.25) is 5.91 Å². The smallest absolute Gasteiger partial charge is 0.254 e. The van der Waals surface area contributed by atoms with Crippen molar-refractivity contribution in [3.8, 4) is 5.75 Å². The third-order valence-electron chi connectivity index (χ3n) is 8.66. The molecule has 2 saturated heterocycles. The van der Waals surface area contributed by atoms with E-state index in [1.807, 2.05) is 83.5 Å². The van der Waals surface area contributed by atoms with Gasteiger partial charge < -0.3 is 19.6 Å². The maximum atomic E-state index is 14.5. The number of aliphatic hydroxyl groups is 1. The van der Waals surface area contributed by atoms with E-state index in [0.29, 0.717) is 31.5 Å². The van der Waals surface area contributed by atoms with Gasteiger partial charge in [-0.2, -0.15) is 0 Å². The molecule has 3 aliphatic rings. The van der Waals surface area contributed by atoms with E-state index in [9.17, 15) is 14.7 Å². The molecule has 2 amide bonds. The zero-order chi connectivity index (χ0) is 26.6. The molecule has 1 N–H and O–H groups in total. The predicted molar refractivity (Wildman–Crippen MR) is 146 cm³/mol. The summed E-state index contributed by atoms with van der Waals surface area (Å²) < 4.78 is 5.30. The summed E-state index contributed by atoms with van der Waals surface area (Å²) in [6.07, 6.45) is 1.15. The summed E-state index contributed by atoms with van der Waals surface area (Å²) in [4.78, 5) is 32.1. The van der Waals surface area contributed by atoms with Crippen LogP contribution in [0.4, 0.5) is 5.69 Å². The third-order valence-corrected chi connectivity index (χ3v) is 8.66. The van der Waals surface area contributed by atoms with Crippen molar-refractivity contribution in [2.45, 2.75) is 50.6 Å².